The quantitative estimate of drug-likeness (QED) is 0.843. The van der Waals surface area contributed by atoms with Gasteiger partial charge < -0.3 is 9.84 Å². The number of anilines is 1. The maximum atomic E-state index is 11.8. The lowest BCUT2D eigenvalue weighted by atomic mass is 10.1. The van der Waals surface area contributed by atoms with Crippen molar-refractivity contribution >= 4 is 11.7 Å². The van der Waals surface area contributed by atoms with E-state index in [9.17, 15) is 4.79 Å². The topological polar surface area (TPSA) is 83.8 Å². The van der Waals surface area contributed by atoms with E-state index in [0.717, 1.165) is 17.0 Å². The number of nitrogens with zero attached hydrogens (tertiary/aromatic N) is 2. The molecule has 2 rings (SSSR count). The Labute approximate surface area is 98.4 Å². The summed E-state index contributed by atoms with van der Waals surface area (Å²) < 4.78 is 5.00. The molecular formula is C11H14N4O2. The van der Waals surface area contributed by atoms with Gasteiger partial charge in [-0.3, -0.25) is 9.89 Å². The molecule has 17 heavy (non-hydrogen) atoms. The van der Waals surface area contributed by atoms with Gasteiger partial charge in [-0.25, -0.2) is 0 Å². The molecule has 2 heterocycles. The molecule has 0 saturated carbocycles. The number of carbonyl (C=O) groups is 1. The summed E-state index contributed by atoms with van der Waals surface area (Å²) in [7, 11) is 0. The minimum Gasteiger partial charge on any atom is -0.361 e. The Morgan fingerprint density at radius 3 is 2.76 bits per heavy atom. The SMILES string of the molecule is Cc1cc(NC(=O)Cc2c(C)noc2C)n[nH]1. The zero-order valence-corrected chi connectivity index (χ0v) is 10.00. The van der Waals surface area contributed by atoms with E-state index in [4.69, 9.17) is 4.52 Å². The third-order valence-corrected chi connectivity index (χ3v) is 2.49. The predicted molar refractivity (Wildman–Crippen MR) is 61.6 cm³/mol. The standard InChI is InChI=1S/C11H14N4O2/c1-6-4-10(14-13-6)12-11(16)5-9-7(2)15-17-8(9)3/h4H,5H2,1-3H3,(H2,12,13,14,16). The highest BCUT2D eigenvalue weighted by molar-refractivity contribution is 5.91. The summed E-state index contributed by atoms with van der Waals surface area (Å²) in [5.74, 6) is 1.07. The Hall–Kier alpha value is -2.11. The summed E-state index contributed by atoms with van der Waals surface area (Å²) >= 11 is 0. The molecular weight excluding hydrogens is 220 g/mol. The van der Waals surface area contributed by atoms with E-state index < -0.39 is 0 Å². The van der Waals surface area contributed by atoms with Crippen molar-refractivity contribution in [3.8, 4) is 0 Å². The number of nitrogens with one attached hydrogen (secondary N) is 2. The van der Waals surface area contributed by atoms with Crippen LogP contribution in [0.4, 0.5) is 5.82 Å². The van der Waals surface area contributed by atoms with Crippen molar-refractivity contribution in [3.63, 3.8) is 0 Å². The van der Waals surface area contributed by atoms with Crippen molar-refractivity contribution in [2.24, 2.45) is 0 Å². The van der Waals surface area contributed by atoms with Gasteiger partial charge in [-0.15, -0.1) is 0 Å². The van der Waals surface area contributed by atoms with Gasteiger partial charge in [0.15, 0.2) is 5.82 Å². The number of aryl methyl sites for hydroxylation is 3. The Balaban J connectivity index is 2.03. The molecule has 6 heteroatoms. The molecule has 2 N–H and O–H groups in total. The van der Waals surface area contributed by atoms with E-state index in [1.165, 1.54) is 0 Å². The van der Waals surface area contributed by atoms with Crippen molar-refractivity contribution in [1.82, 2.24) is 15.4 Å². The van der Waals surface area contributed by atoms with Gasteiger partial charge in [0.05, 0.1) is 12.1 Å². The molecule has 0 aliphatic heterocycles. The molecule has 90 valence electrons. The molecule has 0 saturated heterocycles. The van der Waals surface area contributed by atoms with Crippen LogP contribution in [0.3, 0.4) is 0 Å². The lowest BCUT2D eigenvalue weighted by molar-refractivity contribution is -0.115. The number of hydrogen-bond donors (Lipinski definition) is 2. The fourth-order valence-corrected chi connectivity index (χ4v) is 1.58. The van der Waals surface area contributed by atoms with Gasteiger partial charge in [0.1, 0.15) is 5.76 Å². The second-order valence-electron chi connectivity index (χ2n) is 3.96. The second-order valence-corrected chi connectivity index (χ2v) is 3.96. The first-order valence-corrected chi connectivity index (χ1v) is 5.30. The molecule has 0 bridgehead atoms. The molecule has 0 atom stereocenters. The third kappa shape index (κ3) is 2.52. The van der Waals surface area contributed by atoms with Gasteiger partial charge in [-0.05, 0) is 20.8 Å². The van der Waals surface area contributed by atoms with E-state index >= 15 is 0 Å². The smallest absolute Gasteiger partial charge is 0.230 e. The predicted octanol–water partition coefficient (Wildman–Crippen LogP) is 1.50. The summed E-state index contributed by atoms with van der Waals surface area (Å²) in [6.45, 7) is 5.48. The number of aromatic nitrogens is 3. The lowest BCUT2D eigenvalue weighted by Crippen LogP contribution is -2.15. The number of amides is 1. The second kappa shape index (κ2) is 4.40. The average Bonchev–Trinajstić information content (AvgIpc) is 2.79. The molecule has 0 aliphatic carbocycles. The summed E-state index contributed by atoms with van der Waals surface area (Å²) in [5.41, 5.74) is 2.48. The van der Waals surface area contributed by atoms with E-state index in [-0.39, 0.29) is 12.3 Å². The van der Waals surface area contributed by atoms with Crippen LogP contribution in [0.25, 0.3) is 0 Å². The molecule has 0 radical (unpaired) electrons. The van der Waals surface area contributed by atoms with Crippen LogP contribution >= 0.6 is 0 Å². The highest BCUT2D eigenvalue weighted by Crippen LogP contribution is 2.13. The third-order valence-electron chi connectivity index (χ3n) is 2.49. The van der Waals surface area contributed by atoms with E-state index in [2.05, 4.69) is 20.7 Å². The maximum Gasteiger partial charge on any atom is 0.230 e. The fraction of sp³-hybridized carbons (Fsp3) is 0.364. The van der Waals surface area contributed by atoms with Gasteiger partial charge in [0, 0.05) is 17.3 Å². The number of hydrogen-bond acceptors (Lipinski definition) is 4. The van der Waals surface area contributed by atoms with Crippen molar-refractivity contribution in [3.05, 3.63) is 28.8 Å². The van der Waals surface area contributed by atoms with Crippen molar-refractivity contribution < 1.29 is 9.32 Å². The Morgan fingerprint density at radius 1 is 1.47 bits per heavy atom. The molecule has 6 nitrogen and oxygen atoms in total. The summed E-state index contributed by atoms with van der Waals surface area (Å²) in [6.07, 6.45) is 0.243. The molecule has 0 aromatic carbocycles. The monoisotopic (exact) mass is 234 g/mol. The molecule has 0 spiro atoms. The molecule has 0 aliphatic rings. The van der Waals surface area contributed by atoms with E-state index in [0.29, 0.717) is 11.6 Å². The van der Waals surface area contributed by atoms with Crippen LogP contribution in [0.15, 0.2) is 10.6 Å². The van der Waals surface area contributed by atoms with Crippen LogP contribution in [-0.4, -0.2) is 21.3 Å². The molecule has 1 amide bonds. The van der Waals surface area contributed by atoms with Crippen molar-refractivity contribution in [2.45, 2.75) is 27.2 Å². The number of H-pyrrole nitrogens is 1. The summed E-state index contributed by atoms with van der Waals surface area (Å²) in [5, 5.41) is 13.2. The lowest BCUT2D eigenvalue weighted by Gasteiger charge is -2.00. The van der Waals surface area contributed by atoms with Crippen molar-refractivity contribution in [1.29, 1.82) is 0 Å². The van der Waals surface area contributed by atoms with Crippen LogP contribution in [0.5, 0.6) is 0 Å². The Kier molecular flexibility index (Phi) is 2.95. The molecule has 0 unspecified atom stereocenters. The summed E-state index contributed by atoms with van der Waals surface area (Å²) in [4.78, 5) is 11.8. The van der Waals surface area contributed by atoms with E-state index in [1.54, 1.807) is 13.0 Å². The van der Waals surface area contributed by atoms with Crippen LogP contribution in [0, 0.1) is 20.8 Å². The number of carbonyl (C=O) groups excluding carboxylic acids is 1. The van der Waals surface area contributed by atoms with Gasteiger partial charge in [-0.1, -0.05) is 5.16 Å². The zero-order chi connectivity index (χ0) is 12.4. The first-order chi connectivity index (χ1) is 8.06. The Morgan fingerprint density at radius 2 is 2.24 bits per heavy atom. The maximum absolute atomic E-state index is 11.8. The minimum atomic E-state index is -0.133. The highest BCUT2D eigenvalue weighted by Gasteiger charge is 2.14. The largest absolute Gasteiger partial charge is 0.361 e. The van der Waals surface area contributed by atoms with Gasteiger partial charge >= 0.3 is 0 Å². The normalized spacial score (nSPS) is 10.5. The first kappa shape index (κ1) is 11.4. The summed E-state index contributed by atoms with van der Waals surface area (Å²) in [6, 6.07) is 1.77. The first-order valence-electron chi connectivity index (χ1n) is 5.30. The van der Waals surface area contributed by atoms with Crippen LogP contribution < -0.4 is 5.32 Å². The van der Waals surface area contributed by atoms with Crippen LogP contribution in [0.2, 0.25) is 0 Å². The van der Waals surface area contributed by atoms with Crippen LogP contribution in [0.1, 0.15) is 22.7 Å². The molecule has 0 fully saturated rings. The fourth-order valence-electron chi connectivity index (χ4n) is 1.58. The molecule has 2 aromatic heterocycles. The zero-order valence-electron chi connectivity index (χ0n) is 10.00. The average molecular weight is 234 g/mol. The Bertz CT molecular complexity index is 522. The van der Waals surface area contributed by atoms with E-state index in [1.807, 2.05) is 13.8 Å². The molecule has 2 aromatic rings. The number of rotatable bonds is 3. The van der Waals surface area contributed by atoms with Gasteiger partial charge in [0.2, 0.25) is 5.91 Å². The number of aromatic amines is 1. The van der Waals surface area contributed by atoms with Gasteiger partial charge in [-0.2, -0.15) is 5.10 Å². The van der Waals surface area contributed by atoms with Gasteiger partial charge in [0.25, 0.3) is 0 Å². The minimum absolute atomic E-state index is 0.133. The van der Waals surface area contributed by atoms with Crippen molar-refractivity contribution in [2.75, 3.05) is 5.32 Å². The highest BCUT2D eigenvalue weighted by atomic mass is 16.5. The van der Waals surface area contributed by atoms with Crippen LogP contribution in [-0.2, 0) is 11.2 Å².